The van der Waals surface area contributed by atoms with Gasteiger partial charge in [-0.2, -0.15) is 0 Å². The number of hydrogen-bond acceptors (Lipinski definition) is 3. The number of carbonyl (C=O) groups is 1. The number of carboxylic acids is 1. The van der Waals surface area contributed by atoms with Crippen LogP contribution in [0, 0.1) is 0 Å². The molecule has 2 rings (SSSR count). The number of ether oxygens (including phenoxy) is 2. The Labute approximate surface area is 147 Å². The second-order valence-corrected chi connectivity index (χ2v) is 5.99. The Morgan fingerprint density at radius 3 is 2.48 bits per heavy atom. The van der Waals surface area contributed by atoms with Crippen molar-refractivity contribution in [3.8, 4) is 17.2 Å². The predicted octanol–water partition coefficient (Wildman–Crippen LogP) is 5.30. The number of rotatable bonds is 6. The van der Waals surface area contributed by atoms with Gasteiger partial charge < -0.3 is 14.6 Å². The minimum atomic E-state index is -1.00. The molecule has 120 valence electrons. The summed E-state index contributed by atoms with van der Waals surface area (Å²) in [5.41, 5.74) is 0. The minimum Gasteiger partial charge on any atom is -0.487 e. The Hall–Kier alpha value is -1.98. The van der Waals surface area contributed by atoms with Gasteiger partial charge in [-0.15, -0.1) is 0 Å². The van der Waals surface area contributed by atoms with Gasteiger partial charge in [-0.3, -0.25) is 0 Å². The van der Waals surface area contributed by atoms with Gasteiger partial charge in [0, 0.05) is 10.5 Å². The van der Waals surface area contributed by atoms with E-state index in [1.54, 1.807) is 43.3 Å². The molecule has 0 fully saturated rings. The molecule has 1 N–H and O–H groups in total. The molecule has 0 bridgehead atoms. The maximum absolute atomic E-state index is 10.5. The van der Waals surface area contributed by atoms with Gasteiger partial charge >= 0.3 is 5.97 Å². The Morgan fingerprint density at radius 1 is 1.22 bits per heavy atom. The van der Waals surface area contributed by atoms with Crippen molar-refractivity contribution in [2.75, 3.05) is 0 Å². The third-order valence-electron chi connectivity index (χ3n) is 2.78. The normalized spacial score (nSPS) is 12.1. The first kappa shape index (κ1) is 17.4. The molecule has 0 radical (unpaired) electrons. The summed E-state index contributed by atoms with van der Waals surface area (Å²) in [6, 6.07) is 12.4. The van der Waals surface area contributed by atoms with Crippen molar-refractivity contribution < 1.29 is 19.4 Å². The Bertz CT molecular complexity index is 713. The summed E-state index contributed by atoms with van der Waals surface area (Å²) in [7, 11) is 0. The van der Waals surface area contributed by atoms with Gasteiger partial charge in [0.25, 0.3) is 0 Å². The van der Waals surface area contributed by atoms with Crippen molar-refractivity contribution >= 4 is 33.5 Å². The fraction of sp³-hybridized carbons (Fsp3) is 0.118. The van der Waals surface area contributed by atoms with Gasteiger partial charge in [0.2, 0.25) is 0 Å². The minimum absolute atomic E-state index is 0.348. The van der Waals surface area contributed by atoms with Gasteiger partial charge in [-0.1, -0.05) is 27.5 Å². The first-order chi connectivity index (χ1) is 10.9. The van der Waals surface area contributed by atoms with Crippen LogP contribution in [0.5, 0.6) is 17.2 Å². The van der Waals surface area contributed by atoms with Crippen LogP contribution in [0.4, 0.5) is 0 Å². The Kier molecular flexibility index (Phi) is 6.07. The van der Waals surface area contributed by atoms with Gasteiger partial charge in [-0.05, 0) is 55.5 Å². The van der Waals surface area contributed by atoms with E-state index in [4.69, 9.17) is 26.2 Å². The van der Waals surface area contributed by atoms with E-state index < -0.39 is 5.97 Å². The summed E-state index contributed by atoms with van der Waals surface area (Å²) in [4.78, 5) is 10.5. The molecule has 4 nitrogen and oxygen atoms in total. The number of hydrogen-bond donors (Lipinski definition) is 1. The van der Waals surface area contributed by atoms with Crippen molar-refractivity contribution in [3.63, 3.8) is 0 Å². The van der Waals surface area contributed by atoms with Gasteiger partial charge in [0.05, 0.1) is 5.02 Å². The molecule has 0 heterocycles. The highest BCUT2D eigenvalue weighted by molar-refractivity contribution is 9.10. The second-order valence-electron chi connectivity index (χ2n) is 4.67. The van der Waals surface area contributed by atoms with E-state index in [-0.39, 0.29) is 6.10 Å². The first-order valence-electron chi connectivity index (χ1n) is 6.75. The lowest BCUT2D eigenvalue weighted by Crippen LogP contribution is -2.08. The van der Waals surface area contributed by atoms with E-state index in [0.717, 1.165) is 10.5 Å². The van der Waals surface area contributed by atoms with Crippen molar-refractivity contribution in [1.82, 2.24) is 0 Å². The smallest absolute Gasteiger partial charge is 0.328 e. The quantitative estimate of drug-likeness (QED) is 0.672. The molecule has 1 atom stereocenters. The summed E-state index contributed by atoms with van der Waals surface area (Å²) in [5, 5.41) is 9.08. The Morgan fingerprint density at radius 2 is 1.87 bits per heavy atom. The summed E-state index contributed by atoms with van der Waals surface area (Å²) >= 11 is 9.44. The SMILES string of the molecule is CC(/C=C/C(=O)O)Oc1ccc(Oc2ccc(Br)cc2Cl)cc1. The number of aliphatic carboxylic acids is 1. The van der Waals surface area contributed by atoms with Crippen molar-refractivity contribution in [1.29, 1.82) is 0 Å². The predicted molar refractivity (Wildman–Crippen MR) is 92.5 cm³/mol. The topological polar surface area (TPSA) is 55.8 Å². The molecule has 2 aromatic rings. The average Bonchev–Trinajstić information content (AvgIpc) is 2.50. The number of benzene rings is 2. The van der Waals surface area contributed by atoms with E-state index in [2.05, 4.69) is 15.9 Å². The van der Waals surface area contributed by atoms with Gasteiger partial charge in [0.1, 0.15) is 23.4 Å². The lowest BCUT2D eigenvalue weighted by Gasteiger charge is -2.12. The van der Waals surface area contributed by atoms with Crippen molar-refractivity contribution in [2.24, 2.45) is 0 Å². The second kappa shape index (κ2) is 8.04. The molecule has 0 aromatic heterocycles. The lowest BCUT2D eigenvalue weighted by atomic mass is 10.3. The van der Waals surface area contributed by atoms with Crippen LogP contribution >= 0.6 is 27.5 Å². The van der Waals surface area contributed by atoms with Crippen LogP contribution in [0.25, 0.3) is 0 Å². The zero-order valence-corrected chi connectivity index (χ0v) is 14.5. The molecule has 1 unspecified atom stereocenters. The first-order valence-corrected chi connectivity index (χ1v) is 7.92. The molecule has 0 saturated heterocycles. The van der Waals surface area contributed by atoms with Crippen molar-refractivity contribution in [2.45, 2.75) is 13.0 Å². The number of halogens is 2. The third-order valence-corrected chi connectivity index (χ3v) is 3.57. The van der Waals surface area contributed by atoms with Crippen LogP contribution in [0.1, 0.15) is 6.92 Å². The van der Waals surface area contributed by atoms with E-state index in [9.17, 15) is 4.79 Å². The lowest BCUT2D eigenvalue weighted by molar-refractivity contribution is -0.131. The van der Waals surface area contributed by atoms with Crippen LogP contribution in [0.2, 0.25) is 5.02 Å². The standard InChI is InChI=1S/C17H14BrClO4/c1-11(2-9-17(20)21)22-13-4-6-14(7-5-13)23-16-8-3-12(18)10-15(16)19/h2-11H,1H3,(H,20,21)/b9-2+. The fourth-order valence-corrected chi connectivity index (χ4v) is 2.45. The van der Waals surface area contributed by atoms with Gasteiger partial charge in [0.15, 0.2) is 0 Å². The molecule has 0 amide bonds. The average molecular weight is 398 g/mol. The maximum Gasteiger partial charge on any atom is 0.328 e. The molecule has 0 aliphatic heterocycles. The summed E-state index contributed by atoms with van der Waals surface area (Å²) in [6.45, 7) is 1.76. The van der Waals surface area contributed by atoms with E-state index >= 15 is 0 Å². The highest BCUT2D eigenvalue weighted by atomic mass is 79.9. The monoisotopic (exact) mass is 396 g/mol. The zero-order valence-electron chi connectivity index (χ0n) is 12.2. The molecule has 0 aliphatic carbocycles. The summed E-state index contributed by atoms with van der Waals surface area (Å²) in [5.74, 6) is 0.786. The molecule has 0 saturated carbocycles. The van der Waals surface area contributed by atoms with Gasteiger partial charge in [-0.25, -0.2) is 4.79 Å². The third kappa shape index (κ3) is 5.62. The van der Waals surface area contributed by atoms with Crippen LogP contribution < -0.4 is 9.47 Å². The van der Waals surface area contributed by atoms with Crippen LogP contribution in [-0.2, 0) is 4.79 Å². The molecule has 0 spiro atoms. The molecular weight excluding hydrogens is 384 g/mol. The summed E-state index contributed by atoms with van der Waals surface area (Å²) in [6.07, 6.45) is 2.17. The Balaban J connectivity index is 2.00. The van der Waals surface area contributed by atoms with E-state index in [1.807, 2.05) is 6.07 Å². The molecule has 6 heteroatoms. The van der Waals surface area contributed by atoms with Crippen molar-refractivity contribution in [3.05, 3.63) is 64.1 Å². The van der Waals surface area contributed by atoms with E-state index in [0.29, 0.717) is 22.3 Å². The fourth-order valence-electron chi connectivity index (χ4n) is 1.74. The highest BCUT2D eigenvalue weighted by Gasteiger charge is 2.05. The van der Waals surface area contributed by atoms with E-state index in [1.165, 1.54) is 6.08 Å². The molecular formula is C17H14BrClO4. The molecule has 0 aliphatic rings. The van der Waals surface area contributed by atoms with Crippen LogP contribution in [-0.4, -0.2) is 17.2 Å². The number of carboxylic acid groups (broad SMARTS) is 1. The van der Waals surface area contributed by atoms with Crippen LogP contribution in [0.3, 0.4) is 0 Å². The molecule has 2 aromatic carbocycles. The largest absolute Gasteiger partial charge is 0.487 e. The highest BCUT2D eigenvalue weighted by Crippen LogP contribution is 2.32. The molecule has 23 heavy (non-hydrogen) atoms. The summed E-state index contributed by atoms with van der Waals surface area (Å²) < 4.78 is 12.2. The van der Waals surface area contributed by atoms with Crippen LogP contribution in [0.15, 0.2) is 59.1 Å². The zero-order chi connectivity index (χ0) is 16.8. The maximum atomic E-state index is 10.5.